The van der Waals surface area contributed by atoms with Gasteiger partial charge in [0, 0.05) is 26.1 Å². The largest absolute Gasteiger partial charge is 0.393 e. The van der Waals surface area contributed by atoms with E-state index in [4.69, 9.17) is 4.74 Å². The predicted octanol–water partition coefficient (Wildman–Crippen LogP) is 4.73. The molecule has 6 heteroatoms. The van der Waals surface area contributed by atoms with Crippen LogP contribution < -0.4 is 0 Å². The van der Waals surface area contributed by atoms with Crippen molar-refractivity contribution >= 4 is 0 Å². The van der Waals surface area contributed by atoms with Crippen LogP contribution in [0.4, 0.5) is 8.78 Å². The highest BCUT2D eigenvalue weighted by Crippen LogP contribution is 2.59. The van der Waals surface area contributed by atoms with E-state index < -0.39 is 25.2 Å². The van der Waals surface area contributed by atoms with E-state index in [1.54, 1.807) is 0 Å². The van der Waals surface area contributed by atoms with Crippen LogP contribution in [0.2, 0.25) is 0 Å². The molecular formula is C27H41F2NO3. The molecule has 3 saturated carbocycles. The van der Waals surface area contributed by atoms with Crippen LogP contribution in [0.5, 0.6) is 0 Å². The molecular weight excluding hydrogens is 424 g/mol. The topological polar surface area (TPSA) is 52.9 Å². The molecule has 0 unspecified atom stereocenters. The average Bonchev–Trinajstić information content (AvgIpc) is 3.08. The number of likely N-dealkylation sites (tertiary alicyclic amines) is 1. The van der Waals surface area contributed by atoms with E-state index >= 15 is 0 Å². The van der Waals surface area contributed by atoms with E-state index in [1.165, 1.54) is 31.3 Å². The molecule has 6 atom stereocenters. The molecule has 4 fully saturated rings. The molecule has 0 aromatic heterocycles. The minimum absolute atomic E-state index is 0.0399. The molecule has 186 valence electrons. The molecule has 4 nitrogen and oxygen atoms in total. The molecule has 33 heavy (non-hydrogen) atoms. The van der Waals surface area contributed by atoms with Crippen LogP contribution >= 0.6 is 0 Å². The summed E-state index contributed by atoms with van der Waals surface area (Å²) in [6, 6.07) is 0. The first-order valence-corrected chi connectivity index (χ1v) is 12.7. The van der Waals surface area contributed by atoms with Gasteiger partial charge in [0.2, 0.25) is 0 Å². The van der Waals surface area contributed by atoms with Crippen LogP contribution in [-0.4, -0.2) is 66.1 Å². The maximum absolute atomic E-state index is 12.3. The third kappa shape index (κ3) is 5.44. The van der Waals surface area contributed by atoms with Crippen LogP contribution in [0.15, 0.2) is 35.5 Å². The van der Waals surface area contributed by atoms with Gasteiger partial charge in [0.05, 0.1) is 18.3 Å². The summed E-state index contributed by atoms with van der Waals surface area (Å²) in [5, 5.41) is 20.2. The summed E-state index contributed by atoms with van der Waals surface area (Å²) in [6.45, 7) is 11.0. The Kier molecular flexibility index (Phi) is 7.79. The van der Waals surface area contributed by atoms with Crippen molar-refractivity contribution in [1.82, 2.24) is 4.90 Å². The van der Waals surface area contributed by atoms with Gasteiger partial charge >= 0.3 is 0 Å². The second kappa shape index (κ2) is 10.3. The number of nitrogens with zero attached hydrogens (tertiary/aromatic N) is 1. The highest BCUT2D eigenvalue weighted by atomic mass is 19.3. The van der Waals surface area contributed by atoms with Gasteiger partial charge in [-0.2, -0.15) is 0 Å². The Morgan fingerprint density at radius 3 is 2.73 bits per heavy atom. The molecule has 3 aliphatic carbocycles. The van der Waals surface area contributed by atoms with E-state index in [1.807, 2.05) is 0 Å². The van der Waals surface area contributed by atoms with Gasteiger partial charge in [-0.25, -0.2) is 8.78 Å². The van der Waals surface area contributed by atoms with Gasteiger partial charge < -0.3 is 14.9 Å². The molecule has 0 spiro atoms. The van der Waals surface area contributed by atoms with E-state index in [2.05, 4.69) is 37.5 Å². The Bertz CT molecular complexity index is 775. The number of aliphatic hydroxyl groups excluding tert-OH is 2. The summed E-state index contributed by atoms with van der Waals surface area (Å²) in [4.78, 5) is 2.35. The quantitative estimate of drug-likeness (QED) is 0.571. The average molecular weight is 466 g/mol. The molecule has 0 aromatic carbocycles. The highest BCUT2D eigenvalue weighted by Gasteiger charge is 2.51. The van der Waals surface area contributed by atoms with E-state index in [9.17, 15) is 19.0 Å². The summed E-state index contributed by atoms with van der Waals surface area (Å²) < 4.78 is 29.9. The van der Waals surface area contributed by atoms with Crippen molar-refractivity contribution in [3.8, 4) is 0 Å². The van der Waals surface area contributed by atoms with Crippen LogP contribution in [0.3, 0.4) is 0 Å². The van der Waals surface area contributed by atoms with Gasteiger partial charge in [0.25, 0.3) is 6.43 Å². The number of hydrogen-bond donors (Lipinski definition) is 2. The summed E-state index contributed by atoms with van der Waals surface area (Å²) in [6.07, 6.45) is 7.78. The summed E-state index contributed by atoms with van der Waals surface area (Å²) in [5.41, 5.74) is 3.53. The van der Waals surface area contributed by atoms with Crippen LogP contribution in [-0.2, 0) is 4.74 Å². The number of ether oxygens (including phenoxy) is 1. The summed E-state index contributed by atoms with van der Waals surface area (Å²) >= 11 is 0. The maximum Gasteiger partial charge on any atom is 0.261 e. The maximum atomic E-state index is 12.3. The van der Waals surface area contributed by atoms with Crippen molar-refractivity contribution in [2.45, 2.75) is 83.5 Å². The molecule has 0 amide bonds. The highest BCUT2D eigenvalue weighted by molar-refractivity contribution is 5.38. The molecule has 0 aromatic rings. The first-order valence-electron chi connectivity index (χ1n) is 12.7. The van der Waals surface area contributed by atoms with Gasteiger partial charge in [-0.1, -0.05) is 38.2 Å². The Morgan fingerprint density at radius 1 is 1.24 bits per heavy atom. The molecule has 0 bridgehead atoms. The normalized spacial score (nSPS) is 39.3. The lowest BCUT2D eigenvalue weighted by molar-refractivity contribution is -0.0942. The zero-order valence-electron chi connectivity index (χ0n) is 20.2. The van der Waals surface area contributed by atoms with Crippen molar-refractivity contribution in [1.29, 1.82) is 0 Å². The first kappa shape index (κ1) is 25.0. The first-order chi connectivity index (χ1) is 15.7. The van der Waals surface area contributed by atoms with Crippen LogP contribution in [0.1, 0.15) is 58.8 Å². The number of halogens is 2. The van der Waals surface area contributed by atoms with Crippen LogP contribution in [0, 0.1) is 23.2 Å². The van der Waals surface area contributed by atoms with Crippen molar-refractivity contribution in [2.75, 3.05) is 26.2 Å². The number of hydrogen-bond acceptors (Lipinski definition) is 4. The Labute approximate surface area is 197 Å². The zero-order chi connectivity index (χ0) is 23.8. The molecule has 4 rings (SSSR count). The minimum atomic E-state index is -2.39. The zero-order valence-corrected chi connectivity index (χ0v) is 20.2. The van der Waals surface area contributed by atoms with E-state index in [0.717, 1.165) is 37.2 Å². The molecule has 2 N–H and O–H groups in total. The fourth-order valence-corrected chi connectivity index (χ4v) is 7.20. The van der Waals surface area contributed by atoms with Crippen LogP contribution in [0.25, 0.3) is 0 Å². The third-order valence-electron chi connectivity index (χ3n) is 8.92. The Balaban J connectivity index is 1.37. The smallest absolute Gasteiger partial charge is 0.261 e. The van der Waals surface area contributed by atoms with Crippen molar-refractivity contribution in [2.24, 2.45) is 23.2 Å². The van der Waals surface area contributed by atoms with Gasteiger partial charge in [-0.15, -0.1) is 0 Å². The molecule has 1 heterocycles. The minimum Gasteiger partial charge on any atom is -0.393 e. The van der Waals surface area contributed by atoms with E-state index in [0.29, 0.717) is 36.0 Å². The fraction of sp³-hybridized carbons (Fsp3) is 0.778. The number of fused-ring (bicyclic) bond motifs is 1. The Morgan fingerprint density at radius 2 is 2.00 bits per heavy atom. The van der Waals surface area contributed by atoms with Gasteiger partial charge in [-0.05, 0) is 72.8 Å². The van der Waals surface area contributed by atoms with Crippen molar-refractivity contribution in [3.63, 3.8) is 0 Å². The standard InChI is InChI=1S/C27H41F2NO3/c1-17(13-30-14-22(15-30)33-16-26(28)29)23-8-9-24-19(5-4-10-27(23,24)3)6-7-20-11-21(31)12-25(32)18(20)2/h6-7,17,21-26,31-32H,2,4-5,8-16H2,1,3H3/b19-6+,20-7-/t17-,21-,23-,24+,25-,27-/m1/s1. The predicted molar refractivity (Wildman–Crippen MR) is 126 cm³/mol. The number of allylic oxidation sites excluding steroid dienone is 3. The summed E-state index contributed by atoms with van der Waals surface area (Å²) in [7, 11) is 0. The lowest BCUT2D eigenvalue weighted by Crippen LogP contribution is -2.54. The number of alkyl halides is 2. The van der Waals surface area contributed by atoms with Gasteiger partial charge in [-0.3, -0.25) is 4.90 Å². The van der Waals surface area contributed by atoms with E-state index in [-0.39, 0.29) is 6.10 Å². The molecule has 4 aliphatic rings. The lowest BCUT2D eigenvalue weighted by Gasteiger charge is -2.47. The second-order valence-electron chi connectivity index (χ2n) is 11.2. The van der Waals surface area contributed by atoms with Gasteiger partial charge in [0.15, 0.2) is 0 Å². The van der Waals surface area contributed by atoms with Crippen molar-refractivity contribution < 1.29 is 23.7 Å². The monoisotopic (exact) mass is 465 g/mol. The summed E-state index contributed by atoms with van der Waals surface area (Å²) in [5.74, 6) is 1.81. The molecule has 1 saturated heterocycles. The third-order valence-corrected chi connectivity index (χ3v) is 8.92. The molecule has 1 aliphatic heterocycles. The number of rotatable bonds is 7. The Hall–Kier alpha value is -1.08. The lowest BCUT2D eigenvalue weighted by atomic mass is 9.61. The fourth-order valence-electron chi connectivity index (χ4n) is 7.20. The van der Waals surface area contributed by atoms with Gasteiger partial charge in [0.1, 0.15) is 6.61 Å². The SMILES string of the molecule is C=C1/C(=C\C=C2/CCC[C@]3(C)[C@@H]([C@H](C)CN4CC(OCC(F)F)C4)CC[C@@H]23)C[C@@H](O)C[C@H]1O. The molecule has 0 radical (unpaired) electrons. The second-order valence-corrected chi connectivity index (χ2v) is 11.2. The van der Waals surface area contributed by atoms with Crippen molar-refractivity contribution in [3.05, 3.63) is 35.5 Å². The number of aliphatic hydroxyl groups is 2.